The number of nitrogens with zero attached hydrogens (tertiary/aromatic N) is 2. The van der Waals surface area contributed by atoms with Gasteiger partial charge in [-0.25, -0.2) is 0 Å². The van der Waals surface area contributed by atoms with Crippen molar-refractivity contribution in [3.05, 3.63) is 29.3 Å². The quantitative estimate of drug-likeness (QED) is 0.790. The van der Waals surface area contributed by atoms with E-state index in [2.05, 4.69) is 28.5 Å². The van der Waals surface area contributed by atoms with Crippen LogP contribution < -0.4 is 10.1 Å². The van der Waals surface area contributed by atoms with Gasteiger partial charge >= 0.3 is 0 Å². The fraction of sp³-hybridized carbons (Fsp3) is 0.385. The zero-order valence-corrected chi connectivity index (χ0v) is 12.7. The lowest BCUT2D eigenvalue weighted by atomic mass is 10.3. The maximum Gasteiger partial charge on any atom is 0.205 e. The molecule has 1 aromatic heterocycles. The Morgan fingerprint density at radius 1 is 1.37 bits per heavy atom. The van der Waals surface area contributed by atoms with E-state index in [9.17, 15) is 0 Å². The van der Waals surface area contributed by atoms with Crippen molar-refractivity contribution in [1.82, 2.24) is 10.2 Å². The lowest BCUT2D eigenvalue weighted by Crippen LogP contribution is -1.98. The van der Waals surface area contributed by atoms with Crippen molar-refractivity contribution in [1.29, 1.82) is 0 Å². The number of nitrogens with one attached hydrogen (secondary N) is 1. The predicted octanol–water partition coefficient (Wildman–Crippen LogP) is 3.66. The van der Waals surface area contributed by atoms with Crippen molar-refractivity contribution in [3.8, 4) is 5.75 Å². The average molecular weight is 295 g/mol. The molecule has 0 aliphatic heterocycles. The summed E-state index contributed by atoms with van der Waals surface area (Å²) in [5.74, 6) is 1.71. The van der Waals surface area contributed by atoms with Crippen molar-refractivity contribution >= 4 is 28.2 Å². The van der Waals surface area contributed by atoms with Gasteiger partial charge in [0.1, 0.15) is 10.8 Å². The predicted molar refractivity (Wildman–Crippen MR) is 81.2 cm³/mol. The molecule has 19 heavy (non-hydrogen) atoms. The summed E-state index contributed by atoms with van der Waals surface area (Å²) in [6, 6.07) is 8.05. The second kappa shape index (κ2) is 7.35. The molecule has 2 aromatic rings. The van der Waals surface area contributed by atoms with E-state index in [4.69, 9.17) is 4.74 Å². The van der Waals surface area contributed by atoms with Crippen LogP contribution in [0.5, 0.6) is 5.75 Å². The molecule has 2 rings (SSSR count). The van der Waals surface area contributed by atoms with Crippen LogP contribution in [0, 0.1) is 0 Å². The summed E-state index contributed by atoms with van der Waals surface area (Å²) in [6.45, 7) is 3.07. The summed E-state index contributed by atoms with van der Waals surface area (Å²) in [5.41, 5.74) is 0. The van der Waals surface area contributed by atoms with Gasteiger partial charge in [0.2, 0.25) is 5.13 Å². The fourth-order valence-corrected chi connectivity index (χ4v) is 3.15. The van der Waals surface area contributed by atoms with Crippen molar-refractivity contribution in [2.75, 3.05) is 19.0 Å². The molecule has 0 fully saturated rings. The van der Waals surface area contributed by atoms with E-state index < -0.39 is 0 Å². The molecule has 102 valence electrons. The van der Waals surface area contributed by atoms with Crippen LogP contribution in [-0.4, -0.2) is 23.9 Å². The van der Waals surface area contributed by atoms with Crippen LogP contribution in [0.3, 0.4) is 0 Å². The third-order valence-electron chi connectivity index (χ3n) is 2.40. The molecule has 0 aliphatic rings. The first-order valence-electron chi connectivity index (χ1n) is 6.15. The van der Waals surface area contributed by atoms with E-state index in [-0.39, 0.29) is 0 Å². The Labute approximate surface area is 121 Å². The van der Waals surface area contributed by atoms with Gasteiger partial charge in [0, 0.05) is 11.4 Å². The monoisotopic (exact) mass is 295 g/mol. The third-order valence-corrected chi connectivity index (χ3v) is 4.47. The summed E-state index contributed by atoms with van der Waals surface area (Å²) in [6.07, 6.45) is 1.09. The molecular formula is C13H17N3OS2. The minimum atomic E-state index is 0.832. The topological polar surface area (TPSA) is 47.0 Å². The van der Waals surface area contributed by atoms with E-state index in [0.717, 1.165) is 34.6 Å². The highest BCUT2D eigenvalue weighted by molar-refractivity contribution is 7.98. The summed E-state index contributed by atoms with van der Waals surface area (Å²) < 4.78 is 5.21. The first-order valence-corrected chi connectivity index (χ1v) is 7.95. The number of hydrogen-bond acceptors (Lipinski definition) is 6. The molecule has 6 heteroatoms. The molecule has 1 N–H and O–H groups in total. The van der Waals surface area contributed by atoms with Crippen LogP contribution in [-0.2, 0) is 5.75 Å². The minimum absolute atomic E-state index is 0.832. The van der Waals surface area contributed by atoms with Crippen LogP contribution in [0.15, 0.2) is 29.2 Å². The summed E-state index contributed by atoms with van der Waals surface area (Å²) in [7, 11) is 1.68. The van der Waals surface area contributed by atoms with Gasteiger partial charge < -0.3 is 10.1 Å². The highest BCUT2D eigenvalue weighted by Crippen LogP contribution is 2.28. The Hall–Kier alpha value is -1.27. The summed E-state index contributed by atoms with van der Waals surface area (Å²) in [5, 5.41) is 13.5. The van der Waals surface area contributed by atoms with Crippen LogP contribution in [0.2, 0.25) is 0 Å². The molecule has 0 amide bonds. The second-order valence-corrected chi connectivity index (χ2v) is 6.01. The van der Waals surface area contributed by atoms with E-state index >= 15 is 0 Å². The number of thioether (sulfide) groups is 1. The molecule has 0 saturated carbocycles. The highest BCUT2D eigenvalue weighted by atomic mass is 32.2. The van der Waals surface area contributed by atoms with Crippen LogP contribution in [0.25, 0.3) is 0 Å². The molecule has 0 bridgehead atoms. The SMILES string of the molecule is CCCNc1nnc(CSc2cccc(OC)c2)s1. The third kappa shape index (κ3) is 4.40. The summed E-state index contributed by atoms with van der Waals surface area (Å²) in [4.78, 5) is 1.18. The van der Waals surface area contributed by atoms with Crippen LogP contribution >= 0.6 is 23.1 Å². The van der Waals surface area contributed by atoms with E-state index in [1.165, 1.54) is 4.90 Å². The molecule has 1 heterocycles. The largest absolute Gasteiger partial charge is 0.497 e. The number of hydrogen-bond donors (Lipinski definition) is 1. The van der Waals surface area contributed by atoms with E-state index in [1.54, 1.807) is 30.2 Å². The number of benzene rings is 1. The normalized spacial score (nSPS) is 10.4. The van der Waals surface area contributed by atoms with Gasteiger partial charge in [-0.05, 0) is 24.6 Å². The molecule has 1 aromatic carbocycles. The maximum atomic E-state index is 5.21. The van der Waals surface area contributed by atoms with Gasteiger partial charge in [-0.3, -0.25) is 0 Å². The molecule has 0 aliphatic carbocycles. The average Bonchev–Trinajstić information content (AvgIpc) is 2.91. The van der Waals surface area contributed by atoms with E-state index in [0.29, 0.717) is 0 Å². The molecule has 4 nitrogen and oxygen atoms in total. The lowest BCUT2D eigenvalue weighted by molar-refractivity contribution is 0.413. The van der Waals surface area contributed by atoms with Crippen LogP contribution in [0.4, 0.5) is 5.13 Å². The molecular weight excluding hydrogens is 278 g/mol. The van der Waals surface area contributed by atoms with Crippen LogP contribution in [0.1, 0.15) is 18.4 Å². The number of aromatic nitrogens is 2. The molecule has 0 spiro atoms. The summed E-state index contributed by atoms with van der Waals surface area (Å²) >= 11 is 3.36. The number of ether oxygens (including phenoxy) is 1. The molecule has 0 unspecified atom stereocenters. The first kappa shape index (κ1) is 14.1. The van der Waals surface area contributed by atoms with Gasteiger partial charge in [0.15, 0.2) is 0 Å². The number of rotatable bonds is 7. The van der Waals surface area contributed by atoms with Gasteiger partial charge in [0.25, 0.3) is 0 Å². The zero-order valence-electron chi connectivity index (χ0n) is 11.0. The Morgan fingerprint density at radius 2 is 2.26 bits per heavy atom. The van der Waals surface area contributed by atoms with Crippen molar-refractivity contribution in [3.63, 3.8) is 0 Å². The minimum Gasteiger partial charge on any atom is -0.497 e. The van der Waals surface area contributed by atoms with Gasteiger partial charge in [-0.1, -0.05) is 24.3 Å². The Bertz CT molecular complexity index is 516. The van der Waals surface area contributed by atoms with Gasteiger partial charge in [-0.15, -0.1) is 22.0 Å². The highest BCUT2D eigenvalue weighted by Gasteiger charge is 2.04. The molecule has 0 saturated heterocycles. The Kier molecular flexibility index (Phi) is 5.47. The van der Waals surface area contributed by atoms with Gasteiger partial charge in [-0.2, -0.15) is 0 Å². The van der Waals surface area contributed by atoms with Gasteiger partial charge in [0.05, 0.1) is 12.9 Å². The van der Waals surface area contributed by atoms with E-state index in [1.807, 2.05) is 18.2 Å². The molecule has 0 atom stereocenters. The number of methoxy groups -OCH3 is 1. The van der Waals surface area contributed by atoms with Crippen molar-refractivity contribution in [2.24, 2.45) is 0 Å². The standard InChI is InChI=1S/C13H17N3OS2/c1-3-7-14-13-16-15-12(19-13)9-18-11-6-4-5-10(8-11)17-2/h4-6,8H,3,7,9H2,1-2H3,(H,14,16). The lowest BCUT2D eigenvalue weighted by Gasteiger charge is -2.02. The van der Waals surface area contributed by atoms with Crippen molar-refractivity contribution in [2.45, 2.75) is 24.0 Å². The smallest absolute Gasteiger partial charge is 0.205 e. The second-order valence-electron chi connectivity index (χ2n) is 3.90. The fourth-order valence-electron chi connectivity index (χ4n) is 1.45. The Morgan fingerprint density at radius 3 is 3.05 bits per heavy atom. The number of anilines is 1. The first-order chi connectivity index (χ1) is 9.31. The van der Waals surface area contributed by atoms with Crippen molar-refractivity contribution < 1.29 is 4.74 Å². The molecule has 0 radical (unpaired) electrons. The zero-order chi connectivity index (χ0) is 13.5. The maximum absolute atomic E-state index is 5.21. The Balaban J connectivity index is 1.89.